The van der Waals surface area contributed by atoms with Crippen LogP contribution in [0.25, 0.3) is 0 Å². The van der Waals surface area contributed by atoms with Gasteiger partial charge in [-0.2, -0.15) is 0 Å². The van der Waals surface area contributed by atoms with E-state index in [2.05, 4.69) is 0 Å². The third-order valence-corrected chi connectivity index (χ3v) is 31.1. The Morgan fingerprint density at radius 3 is 1.04 bits per heavy atom. The first-order valence-electron chi connectivity index (χ1n) is 8.11. The summed E-state index contributed by atoms with van der Waals surface area (Å²) in [5, 5.41) is 0. The molecule has 0 N–H and O–H groups in total. The van der Waals surface area contributed by atoms with E-state index in [4.69, 9.17) is 36.0 Å². The van der Waals surface area contributed by atoms with Crippen LogP contribution >= 0.6 is 27.8 Å². The molecular weight excluding hydrogens is 807 g/mol. The molecule has 0 atom stereocenters. The molecule has 0 aliphatic carbocycles. The Labute approximate surface area is 187 Å². The van der Waals surface area contributed by atoms with Crippen molar-refractivity contribution in [2.24, 2.45) is 0 Å². The van der Waals surface area contributed by atoms with Gasteiger partial charge in [-0.15, -0.1) is 0 Å². The summed E-state index contributed by atoms with van der Waals surface area (Å²) in [5.74, 6) is 0. The Balaban J connectivity index is 1.82. The summed E-state index contributed by atoms with van der Waals surface area (Å²) < 4.78 is 19.5. The summed E-state index contributed by atoms with van der Waals surface area (Å²) in [6.07, 6.45) is 8.51. The van der Waals surface area contributed by atoms with Gasteiger partial charge < -0.3 is 0 Å². The van der Waals surface area contributed by atoms with Gasteiger partial charge in [-0.3, -0.25) is 0 Å². The molecule has 0 radical (unpaired) electrons. The van der Waals surface area contributed by atoms with Crippen LogP contribution in [0.2, 0.25) is 0 Å². The van der Waals surface area contributed by atoms with E-state index in [1.54, 1.807) is 25.1 Å². The molecule has 0 aliphatic rings. The van der Waals surface area contributed by atoms with Gasteiger partial charge in [-0.05, 0) is 0 Å². The predicted octanol–water partition coefficient (Wildman–Crippen LogP) is 5.00. The molecule has 4 heterocycles. The summed E-state index contributed by atoms with van der Waals surface area (Å²) in [4.78, 5) is 0. The molecule has 4 aromatic rings. The van der Waals surface area contributed by atoms with Crippen LogP contribution in [0.3, 0.4) is 0 Å². The normalized spacial score (nSPS) is 12.8. The quantitative estimate of drug-likeness (QED) is 0.195. The van der Waals surface area contributed by atoms with Gasteiger partial charge >= 0.3 is 189 Å². The zero-order valence-corrected chi connectivity index (χ0v) is 21.9. The summed E-state index contributed by atoms with van der Waals surface area (Å²) in [6, 6.07) is 15.7. The zero-order chi connectivity index (χ0) is 19.5. The van der Waals surface area contributed by atoms with Gasteiger partial charge in [-0.1, -0.05) is 0 Å². The Morgan fingerprint density at radius 1 is 0.571 bits per heavy atom. The summed E-state index contributed by atoms with van der Waals surface area (Å²) >= 11 is -1.15. The number of furan rings is 4. The first-order chi connectivity index (χ1) is 13.7. The van der Waals surface area contributed by atoms with Gasteiger partial charge in [0, 0.05) is 0 Å². The minimum atomic E-state index is -1.97. The number of halogens is 2. The Kier molecular flexibility index (Phi) is 7.18. The van der Waals surface area contributed by atoms with Crippen molar-refractivity contribution in [3.8, 4) is 0 Å². The van der Waals surface area contributed by atoms with Crippen molar-refractivity contribution in [1.29, 1.82) is 0 Å². The van der Waals surface area contributed by atoms with E-state index in [1.807, 2.05) is 48.5 Å². The number of rotatable bonds is 7. The molecule has 0 unspecified atom stereocenters. The molecule has 0 aliphatic heterocycles. The Morgan fingerprint density at radius 2 is 0.857 bits per heavy atom. The van der Waals surface area contributed by atoms with E-state index in [9.17, 15) is 0 Å². The second-order valence-corrected chi connectivity index (χ2v) is 28.3. The fourth-order valence-electron chi connectivity index (χ4n) is 2.92. The summed E-state index contributed by atoms with van der Waals surface area (Å²) in [5.41, 5.74) is 3.73. The second-order valence-electron chi connectivity index (χ2n) is 5.67. The molecule has 4 nitrogen and oxygen atoms in total. The molecule has 0 fully saturated rings. The first-order valence-corrected chi connectivity index (χ1v) is 22.9. The van der Waals surface area contributed by atoms with Gasteiger partial charge in [0.15, 0.2) is 0 Å². The van der Waals surface area contributed by atoms with Crippen molar-refractivity contribution in [2.75, 3.05) is 12.3 Å². The molecular formula is C18H16Au2Cl2O4P2. The van der Waals surface area contributed by atoms with Crippen molar-refractivity contribution >= 4 is 49.8 Å². The third kappa shape index (κ3) is 3.86. The van der Waals surface area contributed by atoms with Crippen LogP contribution in [0.1, 0.15) is 0 Å². The predicted molar refractivity (Wildman–Crippen MR) is 109 cm³/mol. The molecule has 0 amide bonds. The van der Waals surface area contributed by atoms with Gasteiger partial charge in [0.2, 0.25) is 0 Å². The standard InChI is InChI=1S/C18H16O4P2.2Au.2ClH/c1-5-15(19-9-1)23(16-6-2-10-20-16)13-14-24(17-7-3-11-21-17)18-8-4-12-22-18;;;;/h1-12H,13-14H2;;;2*1H/q;2*+1;;/p-2. The SMILES string of the molecule is [Cl][Au]=[P](CC[P](=[Au][Cl])(c1ccco1)c1ccco1)(c1ccco1)c1ccco1. The van der Waals surface area contributed by atoms with Crippen LogP contribution in [0.5, 0.6) is 0 Å². The van der Waals surface area contributed by atoms with E-state index in [-0.39, 0.29) is 0 Å². The summed E-state index contributed by atoms with van der Waals surface area (Å²) in [6.45, 7) is 0. The van der Waals surface area contributed by atoms with Crippen molar-refractivity contribution in [3.63, 3.8) is 0 Å². The van der Waals surface area contributed by atoms with Gasteiger partial charge in [0.1, 0.15) is 0 Å². The molecule has 4 aromatic heterocycles. The molecule has 0 bridgehead atoms. The number of hydrogen-bond acceptors (Lipinski definition) is 4. The zero-order valence-electron chi connectivity index (χ0n) is 14.2. The molecule has 0 saturated carbocycles. The van der Waals surface area contributed by atoms with Crippen molar-refractivity contribution in [2.45, 2.75) is 0 Å². The molecule has 10 heteroatoms. The third-order valence-electron chi connectivity index (χ3n) is 4.21. The molecule has 0 spiro atoms. The van der Waals surface area contributed by atoms with E-state index < -0.39 is 44.7 Å². The maximum atomic E-state index is 6.70. The average Bonchev–Trinajstić information content (AvgIpc) is 3.54. The minimum absolute atomic E-state index is 0.575. The van der Waals surface area contributed by atoms with Crippen molar-refractivity contribution < 1.29 is 52.9 Å². The molecule has 0 saturated heterocycles. The van der Waals surface area contributed by atoms with Crippen LogP contribution < -0.4 is 22.0 Å². The summed E-state index contributed by atoms with van der Waals surface area (Å²) in [7, 11) is 13.4. The Hall–Kier alpha value is 0.0405. The first kappa shape index (κ1) is 21.3. The topological polar surface area (TPSA) is 52.6 Å². The number of hydrogen-bond donors (Lipinski definition) is 0. The van der Waals surface area contributed by atoms with Crippen LogP contribution in [-0.4, -0.2) is 12.3 Å². The molecule has 4 rings (SSSR count). The van der Waals surface area contributed by atoms with E-state index in [0.717, 1.165) is 34.3 Å². The molecule has 158 valence electrons. The average molecular weight is 823 g/mol. The van der Waals surface area contributed by atoms with E-state index in [1.165, 1.54) is 0 Å². The fourth-order valence-corrected chi connectivity index (χ4v) is 26.7. The molecule has 0 aromatic carbocycles. The fraction of sp³-hybridized carbons (Fsp3) is 0.111. The van der Waals surface area contributed by atoms with E-state index in [0.29, 0.717) is 0 Å². The maximum absolute atomic E-state index is 6.70. The second kappa shape index (κ2) is 9.45. The molecule has 28 heavy (non-hydrogen) atoms. The Bertz CT molecular complexity index is 936. The van der Waals surface area contributed by atoms with Crippen LogP contribution in [-0.2, 0) is 35.3 Å². The van der Waals surface area contributed by atoms with Gasteiger partial charge in [-0.25, -0.2) is 0 Å². The van der Waals surface area contributed by atoms with Crippen LogP contribution in [0.4, 0.5) is 0 Å². The van der Waals surface area contributed by atoms with Gasteiger partial charge in [0.25, 0.3) is 0 Å². The van der Waals surface area contributed by atoms with Gasteiger partial charge in [0.05, 0.1) is 0 Å². The monoisotopic (exact) mass is 822 g/mol. The van der Waals surface area contributed by atoms with E-state index >= 15 is 0 Å². The van der Waals surface area contributed by atoms with Crippen LogP contribution in [0, 0.1) is 0 Å². The van der Waals surface area contributed by atoms with Crippen molar-refractivity contribution in [1.82, 2.24) is 0 Å². The van der Waals surface area contributed by atoms with Crippen LogP contribution in [0.15, 0.2) is 91.3 Å². The van der Waals surface area contributed by atoms with Crippen molar-refractivity contribution in [3.05, 3.63) is 73.6 Å².